The molecule has 2 aliphatic carbocycles. The normalized spacial score (nSPS) is 21.6. The molecule has 5 rings (SSSR count). The summed E-state index contributed by atoms with van der Waals surface area (Å²) in [6.45, 7) is 7.69. The first kappa shape index (κ1) is 25.2. The summed E-state index contributed by atoms with van der Waals surface area (Å²) >= 11 is 0. The Balaban J connectivity index is 1.44. The average Bonchev–Trinajstić information content (AvgIpc) is 3.61. The van der Waals surface area contributed by atoms with E-state index in [1.54, 1.807) is 19.1 Å². The zero-order valence-corrected chi connectivity index (χ0v) is 21.8. The molecule has 2 aromatic heterocycles. The van der Waals surface area contributed by atoms with Gasteiger partial charge < -0.3 is 20.4 Å². The van der Waals surface area contributed by atoms with Gasteiger partial charge in [-0.3, -0.25) is 9.59 Å². The number of fused-ring (bicyclic) bond motifs is 1. The van der Waals surface area contributed by atoms with Crippen LogP contribution < -0.4 is 15.4 Å². The highest BCUT2D eigenvalue weighted by atomic mass is 19.1. The molecule has 1 aromatic carbocycles. The molecular weight excluding hydrogens is 473 g/mol. The van der Waals surface area contributed by atoms with Gasteiger partial charge in [-0.2, -0.15) is 0 Å². The lowest BCUT2D eigenvalue weighted by Gasteiger charge is -2.34. The smallest absolute Gasteiger partial charge is 0.255 e. The summed E-state index contributed by atoms with van der Waals surface area (Å²) in [5.41, 5.74) is 3.19. The zero-order chi connectivity index (χ0) is 26.3. The standard InChI is InChI=1S/C28H34FN5O3/c1-14-5-10-21(37-12-18-6-7-18)23(24(14)29)26-27-25(30-13-31-26)22(16(3)32-27)28(36)34-20-9-8-19(11-15(20)2)33-17(4)35/h5,10,13,15,18-20,32H,6-9,11-12H2,1-4H3,(H,33,35)(H,34,36)/t15-,19+,20-/m1/s1. The first-order valence-electron chi connectivity index (χ1n) is 13.1. The number of hydrogen-bond acceptors (Lipinski definition) is 5. The van der Waals surface area contributed by atoms with Crippen molar-refractivity contribution in [3.05, 3.63) is 41.1 Å². The molecule has 3 atom stereocenters. The Hall–Kier alpha value is -3.49. The minimum Gasteiger partial charge on any atom is -0.492 e. The minimum absolute atomic E-state index is 0.0141. The van der Waals surface area contributed by atoms with E-state index in [2.05, 4.69) is 32.5 Å². The second-order valence-electron chi connectivity index (χ2n) is 10.7. The number of nitrogens with one attached hydrogen (secondary N) is 3. The van der Waals surface area contributed by atoms with Crippen molar-refractivity contribution in [3.8, 4) is 17.0 Å². The fraction of sp³-hybridized carbons (Fsp3) is 0.500. The topological polar surface area (TPSA) is 109 Å². The number of amides is 2. The number of rotatable bonds is 7. The monoisotopic (exact) mass is 507 g/mol. The highest BCUT2D eigenvalue weighted by Crippen LogP contribution is 2.39. The number of ether oxygens (including phenoxy) is 1. The summed E-state index contributed by atoms with van der Waals surface area (Å²) in [4.78, 5) is 37.0. The van der Waals surface area contributed by atoms with E-state index in [1.165, 1.54) is 13.3 Å². The van der Waals surface area contributed by atoms with Gasteiger partial charge in [0.25, 0.3) is 5.91 Å². The van der Waals surface area contributed by atoms with Crippen LogP contribution in [0.5, 0.6) is 5.75 Å². The van der Waals surface area contributed by atoms with Crippen molar-refractivity contribution in [2.75, 3.05) is 6.61 Å². The van der Waals surface area contributed by atoms with Crippen LogP contribution in [0.15, 0.2) is 18.5 Å². The Morgan fingerprint density at radius 2 is 1.92 bits per heavy atom. The van der Waals surface area contributed by atoms with Gasteiger partial charge >= 0.3 is 0 Å². The second kappa shape index (κ2) is 10.1. The Labute approximate surface area is 215 Å². The maximum atomic E-state index is 15.5. The highest BCUT2D eigenvalue weighted by Gasteiger charge is 2.31. The predicted octanol–water partition coefficient (Wildman–Crippen LogP) is 4.59. The van der Waals surface area contributed by atoms with Gasteiger partial charge in [0, 0.05) is 24.7 Å². The van der Waals surface area contributed by atoms with E-state index in [4.69, 9.17) is 4.74 Å². The first-order chi connectivity index (χ1) is 17.7. The van der Waals surface area contributed by atoms with Gasteiger partial charge in [0.15, 0.2) is 0 Å². The number of aryl methyl sites for hydroxylation is 2. The number of aromatic nitrogens is 3. The lowest BCUT2D eigenvalue weighted by molar-refractivity contribution is -0.120. The van der Waals surface area contributed by atoms with Crippen LogP contribution in [0.4, 0.5) is 4.39 Å². The highest BCUT2D eigenvalue weighted by molar-refractivity contribution is 6.09. The quantitative estimate of drug-likeness (QED) is 0.433. The van der Waals surface area contributed by atoms with Gasteiger partial charge in [0.05, 0.1) is 23.3 Å². The molecule has 2 heterocycles. The molecule has 8 nitrogen and oxygen atoms in total. The molecule has 0 saturated heterocycles. The molecule has 2 saturated carbocycles. The molecule has 0 radical (unpaired) electrons. The van der Waals surface area contributed by atoms with Crippen LogP contribution in [0.1, 0.15) is 67.6 Å². The van der Waals surface area contributed by atoms with Crippen molar-refractivity contribution in [1.29, 1.82) is 0 Å². The van der Waals surface area contributed by atoms with Crippen LogP contribution in [0.25, 0.3) is 22.3 Å². The number of H-pyrrole nitrogens is 1. The summed E-state index contributed by atoms with van der Waals surface area (Å²) in [5, 5.41) is 6.16. The van der Waals surface area contributed by atoms with Gasteiger partial charge in [-0.25, -0.2) is 14.4 Å². The third kappa shape index (κ3) is 5.17. The Morgan fingerprint density at radius 1 is 1.14 bits per heavy atom. The van der Waals surface area contributed by atoms with E-state index in [1.807, 2.05) is 6.92 Å². The van der Waals surface area contributed by atoms with E-state index in [0.717, 1.165) is 32.1 Å². The fourth-order valence-electron chi connectivity index (χ4n) is 5.35. The van der Waals surface area contributed by atoms with E-state index in [-0.39, 0.29) is 35.4 Å². The maximum Gasteiger partial charge on any atom is 0.255 e. The molecule has 2 fully saturated rings. The fourth-order valence-corrected chi connectivity index (χ4v) is 5.35. The van der Waals surface area contributed by atoms with E-state index in [9.17, 15) is 9.59 Å². The van der Waals surface area contributed by atoms with Gasteiger partial charge in [-0.1, -0.05) is 13.0 Å². The van der Waals surface area contributed by atoms with Crippen molar-refractivity contribution >= 4 is 22.8 Å². The first-order valence-corrected chi connectivity index (χ1v) is 13.1. The Kier molecular flexibility index (Phi) is 6.88. The number of aromatic amines is 1. The molecule has 3 N–H and O–H groups in total. The van der Waals surface area contributed by atoms with Gasteiger partial charge in [-0.15, -0.1) is 0 Å². The van der Waals surface area contributed by atoms with Crippen molar-refractivity contribution < 1.29 is 18.7 Å². The van der Waals surface area contributed by atoms with Crippen molar-refractivity contribution in [1.82, 2.24) is 25.6 Å². The largest absolute Gasteiger partial charge is 0.492 e. The second-order valence-corrected chi connectivity index (χ2v) is 10.7. The molecule has 196 valence electrons. The summed E-state index contributed by atoms with van der Waals surface area (Å²) in [6, 6.07) is 3.61. The Morgan fingerprint density at radius 3 is 2.62 bits per heavy atom. The van der Waals surface area contributed by atoms with Crippen LogP contribution in [-0.2, 0) is 4.79 Å². The summed E-state index contributed by atoms with van der Waals surface area (Å²) in [6.07, 6.45) is 6.02. The molecular formula is C28H34FN5O3. The number of carbonyl (C=O) groups excluding carboxylic acids is 2. The molecule has 3 aromatic rings. The van der Waals surface area contributed by atoms with Crippen LogP contribution in [-0.4, -0.2) is 45.5 Å². The molecule has 0 bridgehead atoms. The lowest BCUT2D eigenvalue weighted by Crippen LogP contribution is -2.47. The summed E-state index contributed by atoms with van der Waals surface area (Å²) in [5.74, 6) is 0.516. The van der Waals surface area contributed by atoms with Gasteiger partial charge in [0.2, 0.25) is 5.91 Å². The van der Waals surface area contributed by atoms with Crippen molar-refractivity contribution in [3.63, 3.8) is 0 Å². The van der Waals surface area contributed by atoms with Crippen molar-refractivity contribution in [2.45, 2.75) is 71.9 Å². The van der Waals surface area contributed by atoms with Crippen LogP contribution >= 0.6 is 0 Å². The van der Waals surface area contributed by atoms with Crippen LogP contribution in [0.2, 0.25) is 0 Å². The number of benzene rings is 1. The zero-order valence-electron chi connectivity index (χ0n) is 21.8. The number of nitrogens with zero attached hydrogens (tertiary/aromatic N) is 2. The van der Waals surface area contributed by atoms with Crippen molar-refractivity contribution in [2.24, 2.45) is 11.8 Å². The van der Waals surface area contributed by atoms with E-state index >= 15 is 4.39 Å². The lowest BCUT2D eigenvalue weighted by atomic mass is 9.82. The van der Waals surface area contributed by atoms with Crippen LogP contribution in [0, 0.1) is 31.5 Å². The Bertz CT molecular complexity index is 1350. The third-order valence-corrected chi connectivity index (χ3v) is 7.60. The van der Waals surface area contributed by atoms with E-state index in [0.29, 0.717) is 51.8 Å². The van der Waals surface area contributed by atoms with Gasteiger partial charge in [0.1, 0.15) is 29.1 Å². The minimum atomic E-state index is -0.392. The predicted molar refractivity (Wildman–Crippen MR) is 139 cm³/mol. The van der Waals surface area contributed by atoms with Crippen LogP contribution in [0.3, 0.4) is 0 Å². The van der Waals surface area contributed by atoms with Gasteiger partial charge in [-0.05, 0) is 69.4 Å². The molecule has 2 aliphatic rings. The number of hydrogen-bond donors (Lipinski definition) is 3. The molecule has 9 heteroatoms. The number of carbonyl (C=O) groups is 2. The third-order valence-electron chi connectivity index (χ3n) is 7.60. The SMILES string of the molecule is CC(=O)N[C@H]1CC[C@@H](NC(=O)c2c(C)[nH]c3c(-c4c(OCC5CC5)ccc(C)c4F)ncnc23)[C@H](C)C1. The molecule has 0 spiro atoms. The molecule has 0 aliphatic heterocycles. The average molecular weight is 508 g/mol. The van der Waals surface area contributed by atoms with E-state index < -0.39 is 5.82 Å². The molecule has 0 unspecified atom stereocenters. The maximum absolute atomic E-state index is 15.5. The summed E-state index contributed by atoms with van der Waals surface area (Å²) < 4.78 is 21.5. The molecule has 2 amide bonds. The summed E-state index contributed by atoms with van der Waals surface area (Å²) in [7, 11) is 0. The molecule has 37 heavy (non-hydrogen) atoms. The number of halogens is 1.